The van der Waals surface area contributed by atoms with Crippen molar-refractivity contribution in [2.45, 2.75) is 17.9 Å². The molecule has 22 heavy (non-hydrogen) atoms. The van der Waals surface area contributed by atoms with E-state index in [0.717, 1.165) is 26.2 Å². The van der Waals surface area contributed by atoms with Crippen LogP contribution in [0.3, 0.4) is 0 Å². The van der Waals surface area contributed by atoms with Crippen molar-refractivity contribution in [3.05, 3.63) is 66.2 Å². The van der Waals surface area contributed by atoms with E-state index < -0.39 is 0 Å². The zero-order valence-corrected chi connectivity index (χ0v) is 14.2. The fourth-order valence-electron chi connectivity index (χ4n) is 2.27. The predicted octanol–water partition coefficient (Wildman–Crippen LogP) is 3.89. The number of nitrogens with zero attached hydrogens (tertiary/aromatic N) is 1. The van der Waals surface area contributed by atoms with Crippen LogP contribution in [0.4, 0.5) is 0 Å². The van der Waals surface area contributed by atoms with E-state index in [1.165, 1.54) is 22.6 Å². The first-order valence-corrected chi connectivity index (χ1v) is 8.94. The minimum Gasteiger partial charge on any atom is -0.315 e. The van der Waals surface area contributed by atoms with Crippen LogP contribution in [-0.4, -0.2) is 37.3 Å². The molecule has 0 unspecified atom stereocenters. The summed E-state index contributed by atoms with van der Waals surface area (Å²) >= 11 is 1.94. The van der Waals surface area contributed by atoms with Crippen molar-refractivity contribution in [3.63, 3.8) is 0 Å². The summed E-state index contributed by atoms with van der Waals surface area (Å²) < 4.78 is 0. The highest BCUT2D eigenvalue weighted by atomic mass is 32.2. The third-order valence-corrected chi connectivity index (χ3v) is 4.57. The monoisotopic (exact) mass is 314 g/mol. The van der Waals surface area contributed by atoms with Gasteiger partial charge in [0.05, 0.1) is 0 Å². The van der Waals surface area contributed by atoms with Gasteiger partial charge in [-0.25, -0.2) is 0 Å². The van der Waals surface area contributed by atoms with Gasteiger partial charge in [0.2, 0.25) is 0 Å². The molecule has 0 aliphatic carbocycles. The van der Waals surface area contributed by atoms with Crippen molar-refractivity contribution in [1.82, 2.24) is 10.2 Å². The summed E-state index contributed by atoms with van der Waals surface area (Å²) in [6.45, 7) is 4.26. The summed E-state index contributed by atoms with van der Waals surface area (Å²) in [5, 5.41) is 3.53. The second-order valence-corrected chi connectivity index (χ2v) is 6.66. The van der Waals surface area contributed by atoms with E-state index in [0.29, 0.717) is 0 Å². The fourth-order valence-corrected chi connectivity index (χ4v) is 3.15. The van der Waals surface area contributed by atoms with Gasteiger partial charge >= 0.3 is 0 Å². The highest BCUT2D eigenvalue weighted by Crippen LogP contribution is 2.17. The molecular formula is C19H26N2S. The molecular weight excluding hydrogens is 288 g/mol. The van der Waals surface area contributed by atoms with Crippen LogP contribution in [0, 0.1) is 0 Å². The average molecular weight is 314 g/mol. The van der Waals surface area contributed by atoms with Crippen LogP contribution in [0.5, 0.6) is 0 Å². The normalized spacial score (nSPS) is 11.0. The number of hydrogen-bond donors (Lipinski definition) is 1. The molecule has 0 atom stereocenters. The Labute approximate surface area is 138 Å². The van der Waals surface area contributed by atoms with Gasteiger partial charge in [-0.1, -0.05) is 48.5 Å². The lowest BCUT2D eigenvalue weighted by Crippen LogP contribution is -2.29. The lowest BCUT2D eigenvalue weighted by Gasteiger charge is -2.17. The molecule has 0 saturated heterocycles. The van der Waals surface area contributed by atoms with Gasteiger partial charge in [-0.15, -0.1) is 11.8 Å². The van der Waals surface area contributed by atoms with Crippen LogP contribution in [0.1, 0.15) is 12.0 Å². The molecule has 0 fully saturated rings. The maximum absolute atomic E-state index is 3.53. The second-order valence-electron chi connectivity index (χ2n) is 5.49. The summed E-state index contributed by atoms with van der Waals surface area (Å²) in [5.41, 5.74) is 1.38. The van der Waals surface area contributed by atoms with Gasteiger partial charge in [0.15, 0.2) is 0 Å². The molecule has 0 saturated carbocycles. The fraction of sp³-hybridized carbons (Fsp3) is 0.368. The Morgan fingerprint density at radius 1 is 0.909 bits per heavy atom. The zero-order chi connectivity index (χ0) is 15.5. The highest BCUT2D eigenvalue weighted by Gasteiger charge is 1.99. The van der Waals surface area contributed by atoms with Crippen LogP contribution in [-0.2, 0) is 6.54 Å². The van der Waals surface area contributed by atoms with Crippen LogP contribution in [0.2, 0.25) is 0 Å². The van der Waals surface area contributed by atoms with E-state index in [2.05, 4.69) is 77.9 Å². The molecule has 0 spiro atoms. The van der Waals surface area contributed by atoms with E-state index in [-0.39, 0.29) is 0 Å². The summed E-state index contributed by atoms with van der Waals surface area (Å²) in [7, 11) is 2.18. The number of nitrogens with one attached hydrogen (secondary N) is 1. The molecule has 0 radical (unpaired) electrons. The summed E-state index contributed by atoms with van der Waals surface area (Å²) in [5.74, 6) is 1.18. The first-order chi connectivity index (χ1) is 10.8. The minimum absolute atomic E-state index is 1.02. The van der Waals surface area contributed by atoms with E-state index in [1.807, 2.05) is 11.8 Å². The van der Waals surface area contributed by atoms with Crippen molar-refractivity contribution in [2.24, 2.45) is 0 Å². The molecule has 2 aromatic rings. The van der Waals surface area contributed by atoms with Gasteiger partial charge in [0, 0.05) is 24.5 Å². The molecule has 2 nitrogen and oxygen atoms in total. The molecule has 1 N–H and O–H groups in total. The molecule has 3 heteroatoms. The molecule has 0 aliphatic rings. The maximum atomic E-state index is 3.53. The van der Waals surface area contributed by atoms with E-state index in [1.54, 1.807) is 0 Å². The smallest absolute Gasteiger partial charge is 0.0231 e. The lowest BCUT2D eigenvalue weighted by molar-refractivity contribution is 0.324. The zero-order valence-electron chi connectivity index (χ0n) is 13.4. The molecule has 2 aromatic carbocycles. The summed E-state index contributed by atoms with van der Waals surface area (Å²) in [6, 6.07) is 21.3. The van der Waals surface area contributed by atoms with Crippen LogP contribution in [0.15, 0.2) is 65.6 Å². The maximum Gasteiger partial charge on any atom is 0.0231 e. The number of benzene rings is 2. The minimum atomic E-state index is 1.02. The van der Waals surface area contributed by atoms with Crippen molar-refractivity contribution in [2.75, 3.05) is 32.4 Å². The first kappa shape index (κ1) is 17.1. The molecule has 0 bridgehead atoms. The molecule has 0 aromatic heterocycles. The predicted molar refractivity (Wildman–Crippen MR) is 97.4 cm³/mol. The van der Waals surface area contributed by atoms with Gasteiger partial charge in [-0.2, -0.15) is 0 Å². The third kappa shape index (κ3) is 7.12. The number of thioether (sulfide) groups is 1. The van der Waals surface area contributed by atoms with Crippen molar-refractivity contribution >= 4 is 11.8 Å². The van der Waals surface area contributed by atoms with Gasteiger partial charge in [-0.05, 0) is 43.5 Å². The van der Waals surface area contributed by atoms with Gasteiger partial charge < -0.3 is 10.2 Å². The first-order valence-electron chi connectivity index (χ1n) is 7.95. The SMILES string of the molecule is CN(CCNCCCSc1ccccc1)Cc1ccccc1. The molecule has 0 amide bonds. The molecule has 0 aliphatic heterocycles. The molecule has 118 valence electrons. The second kappa shape index (κ2) is 10.4. The summed E-state index contributed by atoms with van der Waals surface area (Å²) in [4.78, 5) is 3.73. The Bertz CT molecular complexity index is 501. The van der Waals surface area contributed by atoms with Crippen LogP contribution in [0.25, 0.3) is 0 Å². The average Bonchev–Trinajstić information content (AvgIpc) is 2.56. The van der Waals surface area contributed by atoms with Gasteiger partial charge in [0.1, 0.15) is 0 Å². The lowest BCUT2D eigenvalue weighted by atomic mass is 10.2. The number of rotatable bonds is 10. The van der Waals surface area contributed by atoms with Gasteiger partial charge in [0.25, 0.3) is 0 Å². The quantitative estimate of drug-likeness (QED) is 0.529. The Hall–Kier alpha value is -1.29. The Morgan fingerprint density at radius 3 is 2.32 bits per heavy atom. The van der Waals surface area contributed by atoms with E-state index >= 15 is 0 Å². The van der Waals surface area contributed by atoms with Crippen molar-refractivity contribution < 1.29 is 0 Å². The number of hydrogen-bond acceptors (Lipinski definition) is 3. The molecule has 0 heterocycles. The van der Waals surface area contributed by atoms with Crippen LogP contribution < -0.4 is 5.32 Å². The Morgan fingerprint density at radius 2 is 1.59 bits per heavy atom. The number of likely N-dealkylation sites (N-methyl/N-ethyl adjacent to an activating group) is 1. The van der Waals surface area contributed by atoms with E-state index in [4.69, 9.17) is 0 Å². The Balaban J connectivity index is 1.47. The highest BCUT2D eigenvalue weighted by molar-refractivity contribution is 7.99. The topological polar surface area (TPSA) is 15.3 Å². The van der Waals surface area contributed by atoms with Crippen molar-refractivity contribution in [1.29, 1.82) is 0 Å². The van der Waals surface area contributed by atoms with Gasteiger partial charge in [-0.3, -0.25) is 0 Å². The molecule has 2 rings (SSSR count). The summed E-state index contributed by atoms with van der Waals surface area (Å²) in [6.07, 6.45) is 1.21. The largest absolute Gasteiger partial charge is 0.315 e. The van der Waals surface area contributed by atoms with Crippen molar-refractivity contribution in [3.8, 4) is 0 Å². The third-order valence-electron chi connectivity index (χ3n) is 3.48. The van der Waals surface area contributed by atoms with Crippen LogP contribution >= 0.6 is 11.8 Å². The van der Waals surface area contributed by atoms with E-state index in [9.17, 15) is 0 Å². The standard InChI is InChI=1S/C19H26N2S/c1-21(17-18-9-4-2-5-10-18)15-14-20-13-8-16-22-19-11-6-3-7-12-19/h2-7,9-12,20H,8,13-17H2,1H3. The Kier molecular flexibility index (Phi) is 8.10.